The molecule has 0 saturated carbocycles. The standard InChI is InChI=1S/C10H16N2O3S.Y/c13-8(14)4-2-1-3-7-9-6(5-16-7)11-10(15)12-9;/h6-7,9H,1-5H2,(H,13,14)(H2,11,12,15);/t6-,7-,9-;/m0./s1. The molecule has 17 heavy (non-hydrogen) atoms. The van der Waals surface area contributed by atoms with Crippen LogP contribution >= 0.6 is 11.8 Å². The van der Waals surface area contributed by atoms with Crippen molar-refractivity contribution in [3.8, 4) is 0 Å². The maximum absolute atomic E-state index is 11.1. The van der Waals surface area contributed by atoms with Crippen molar-refractivity contribution in [2.45, 2.75) is 43.0 Å². The molecule has 2 saturated heterocycles. The predicted octanol–water partition coefficient (Wildman–Crippen LogP) is 0.794. The van der Waals surface area contributed by atoms with E-state index in [9.17, 15) is 9.59 Å². The quantitative estimate of drug-likeness (QED) is 0.514. The number of thioether (sulfide) groups is 1. The maximum Gasteiger partial charge on any atom is 0.315 e. The normalized spacial score (nSPS) is 30.1. The fraction of sp³-hybridized carbons (Fsp3) is 0.800. The number of hydrogen-bond acceptors (Lipinski definition) is 3. The minimum atomic E-state index is -0.729. The first kappa shape index (κ1) is 15.3. The summed E-state index contributed by atoms with van der Waals surface area (Å²) in [5.74, 6) is 0.236. The molecule has 1 radical (unpaired) electrons. The second kappa shape index (κ2) is 6.95. The molecular formula is C10H16N2O3SY. The molecule has 2 fully saturated rings. The van der Waals surface area contributed by atoms with Gasteiger partial charge in [-0.1, -0.05) is 6.42 Å². The maximum atomic E-state index is 11.1. The number of nitrogens with one attached hydrogen (secondary N) is 2. The Balaban J connectivity index is 0.00000144. The number of carboxylic acid groups (broad SMARTS) is 1. The first-order valence-electron chi connectivity index (χ1n) is 5.57. The van der Waals surface area contributed by atoms with Crippen LogP contribution in [0.1, 0.15) is 25.7 Å². The first-order chi connectivity index (χ1) is 7.66. The van der Waals surface area contributed by atoms with E-state index in [4.69, 9.17) is 5.11 Å². The van der Waals surface area contributed by atoms with Crippen LogP contribution in [0.5, 0.6) is 0 Å². The molecule has 2 rings (SSSR count). The van der Waals surface area contributed by atoms with Crippen LogP contribution in [0.2, 0.25) is 0 Å². The van der Waals surface area contributed by atoms with Gasteiger partial charge in [0, 0.05) is 50.1 Å². The van der Waals surface area contributed by atoms with E-state index in [0.717, 1.165) is 25.0 Å². The Bertz CT molecular complexity index is 303. The summed E-state index contributed by atoms with van der Waals surface area (Å²) in [6.07, 6.45) is 2.88. The predicted molar refractivity (Wildman–Crippen MR) is 61.6 cm³/mol. The van der Waals surface area contributed by atoms with Gasteiger partial charge in [0.15, 0.2) is 0 Å². The molecule has 2 aliphatic heterocycles. The number of rotatable bonds is 5. The van der Waals surface area contributed by atoms with Crippen LogP contribution in [-0.4, -0.2) is 40.2 Å². The molecule has 0 aromatic heterocycles. The van der Waals surface area contributed by atoms with Crippen molar-refractivity contribution in [3.63, 3.8) is 0 Å². The average Bonchev–Trinajstić information content (AvgIpc) is 2.72. The van der Waals surface area contributed by atoms with Crippen LogP contribution < -0.4 is 10.6 Å². The van der Waals surface area contributed by atoms with Gasteiger partial charge in [-0.2, -0.15) is 11.8 Å². The molecule has 93 valence electrons. The van der Waals surface area contributed by atoms with E-state index in [1.165, 1.54) is 0 Å². The molecule has 0 aliphatic carbocycles. The van der Waals surface area contributed by atoms with Gasteiger partial charge < -0.3 is 15.7 Å². The first-order valence-corrected chi connectivity index (χ1v) is 6.62. The van der Waals surface area contributed by atoms with Crippen molar-refractivity contribution >= 4 is 23.8 Å². The van der Waals surface area contributed by atoms with Crippen molar-refractivity contribution < 1.29 is 47.4 Å². The average molecular weight is 333 g/mol. The van der Waals surface area contributed by atoms with Crippen LogP contribution in [0.15, 0.2) is 0 Å². The Morgan fingerprint density at radius 1 is 1.41 bits per heavy atom. The number of carbonyl (C=O) groups is 2. The molecule has 7 heteroatoms. The minimum Gasteiger partial charge on any atom is -0.481 e. The third-order valence-electron chi connectivity index (χ3n) is 3.07. The Morgan fingerprint density at radius 3 is 2.88 bits per heavy atom. The van der Waals surface area contributed by atoms with E-state index in [-0.39, 0.29) is 57.2 Å². The molecule has 0 aromatic rings. The number of aliphatic carboxylic acids is 1. The van der Waals surface area contributed by atoms with E-state index in [1.54, 1.807) is 0 Å². The zero-order valence-electron chi connectivity index (χ0n) is 9.52. The summed E-state index contributed by atoms with van der Waals surface area (Å²) >= 11 is 1.87. The molecule has 0 spiro atoms. The van der Waals surface area contributed by atoms with Gasteiger partial charge in [-0.25, -0.2) is 4.79 Å². The monoisotopic (exact) mass is 333 g/mol. The molecule has 0 aromatic carbocycles. The van der Waals surface area contributed by atoms with Gasteiger partial charge in [0.25, 0.3) is 0 Å². The second-order valence-corrected chi connectivity index (χ2v) is 5.53. The molecule has 0 bridgehead atoms. The van der Waals surface area contributed by atoms with Crippen LogP contribution in [0, 0.1) is 0 Å². The van der Waals surface area contributed by atoms with Gasteiger partial charge in [0.2, 0.25) is 0 Å². The smallest absolute Gasteiger partial charge is 0.315 e. The SMILES string of the molecule is O=C(O)CCCC[C@@H]1SC[C@@H]2NC(=O)N[C@@H]21.[Y]. The van der Waals surface area contributed by atoms with Gasteiger partial charge in [-0.3, -0.25) is 4.79 Å². The number of amides is 2. The van der Waals surface area contributed by atoms with Gasteiger partial charge in [0.05, 0.1) is 12.1 Å². The zero-order chi connectivity index (χ0) is 11.5. The third-order valence-corrected chi connectivity index (χ3v) is 4.58. The molecule has 2 aliphatic rings. The fourth-order valence-electron chi connectivity index (χ4n) is 2.26. The van der Waals surface area contributed by atoms with Crippen molar-refractivity contribution in [1.82, 2.24) is 10.6 Å². The van der Waals surface area contributed by atoms with Gasteiger partial charge in [-0.05, 0) is 12.8 Å². The number of fused-ring (bicyclic) bond motifs is 1. The summed E-state index contributed by atoms with van der Waals surface area (Å²) in [7, 11) is 0. The second-order valence-electron chi connectivity index (χ2n) is 4.26. The van der Waals surface area contributed by atoms with Crippen LogP contribution in [-0.2, 0) is 37.5 Å². The van der Waals surface area contributed by atoms with Crippen molar-refractivity contribution in [2.24, 2.45) is 0 Å². The summed E-state index contributed by atoms with van der Waals surface area (Å²) < 4.78 is 0. The topological polar surface area (TPSA) is 78.4 Å². The molecule has 2 amide bonds. The largest absolute Gasteiger partial charge is 0.481 e. The summed E-state index contributed by atoms with van der Waals surface area (Å²) in [5.41, 5.74) is 0. The van der Waals surface area contributed by atoms with E-state index < -0.39 is 5.97 Å². The van der Waals surface area contributed by atoms with Crippen LogP contribution in [0.25, 0.3) is 0 Å². The van der Waals surface area contributed by atoms with E-state index in [0.29, 0.717) is 5.25 Å². The fourth-order valence-corrected chi connectivity index (χ4v) is 3.81. The Labute approximate surface area is 130 Å². The summed E-state index contributed by atoms with van der Waals surface area (Å²) in [6, 6.07) is 0.440. The number of unbranched alkanes of at least 4 members (excludes halogenated alkanes) is 1. The number of carbonyl (C=O) groups excluding carboxylic acids is 1. The van der Waals surface area contributed by atoms with E-state index in [2.05, 4.69) is 10.6 Å². The zero-order valence-corrected chi connectivity index (χ0v) is 13.2. The van der Waals surface area contributed by atoms with Crippen LogP contribution in [0.4, 0.5) is 4.79 Å². The molecular weight excluding hydrogens is 317 g/mol. The molecule has 2 heterocycles. The van der Waals surface area contributed by atoms with Crippen LogP contribution in [0.3, 0.4) is 0 Å². The summed E-state index contributed by atoms with van der Waals surface area (Å²) in [6.45, 7) is 0. The minimum absolute atomic E-state index is 0. The third kappa shape index (κ3) is 4.10. The number of carboxylic acids is 1. The van der Waals surface area contributed by atoms with E-state index >= 15 is 0 Å². The van der Waals surface area contributed by atoms with Crippen molar-refractivity contribution in [2.75, 3.05) is 5.75 Å². The Hall–Kier alpha value is 0.194. The van der Waals surface area contributed by atoms with E-state index in [1.807, 2.05) is 11.8 Å². The Kier molecular flexibility index (Phi) is 6.23. The number of urea groups is 1. The van der Waals surface area contributed by atoms with Gasteiger partial charge in [-0.15, -0.1) is 0 Å². The molecule has 3 N–H and O–H groups in total. The van der Waals surface area contributed by atoms with Gasteiger partial charge >= 0.3 is 12.0 Å². The summed E-state index contributed by atoms with van der Waals surface area (Å²) in [5, 5.41) is 14.8. The van der Waals surface area contributed by atoms with Crippen molar-refractivity contribution in [1.29, 1.82) is 0 Å². The van der Waals surface area contributed by atoms with Gasteiger partial charge in [0.1, 0.15) is 0 Å². The molecule has 3 atom stereocenters. The molecule has 0 unspecified atom stereocenters. The Morgan fingerprint density at radius 2 is 2.18 bits per heavy atom. The summed E-state index contributed by atoms with van der Waals surface area (Å²) in [4.78, 5) is 21.5. The number of hydrogen-bond donors (Lipinski definition) is 3. The molecule has 5 nitrogen and oxygen atoms in total. The van der Waals surface area contributed by atoms with Crippen molar-refractivity contribution in [3.05, 3.63) is 0 Å².